The van der Waals surface area contributed by atoms with Crippen molar-refractivity contribution < 1.29 is 47.5 Å². The predicted molar refractivity (Wildman–Crippen MR) is 82.2 cm³/mol. The number of ether oxygens (including phenoxy) is 1. The van der Waals surface area contributed by atoms with Gasteiger partial charge in [0, 0.05) is 6.42 Å². The van der Waals surface area contributed by atoms with Gasteiger partial charge in [-0.3, -0.25) is 4.55 Å². The summed E-state index contributed by atoms with van der Waals surface area (Å²) in [6, 6.07) is 0. The highest BCUT2D eigenvalue weighted by Crippen LogP contribution is 2.30. The lowest BCUT2D eigenvalue weighted by Crippen LogP contribution is -2.57. The zero-order chi connectivity index (χ0) is 18.5. The Kier molecular flexibility index (Phi) is 8.04. The van der Waals surface area contributed by atoms with Crippen LogP contribution in [0.25, 0.3) is 0 Å². The molecule has 1 aliphatic rings. The molecule has 1 saturated heterocycles. The number of hydrogen-bond acceptors (Lipinski definition) is 11. The minimum atomic E-state index is -4.89. The van der Waals surface area contributed by atoms with Crippen molar-refractivity contribution in [1.29, 1.82) is 0 Å². The molecule has 0 spiro atoms. The molecule has 0 radical (unpaired) electrons. The van der Waals surface area contributed by atoms with Crippen molar-refractivity contribution in [2.24, 2.45) is 5.16 Å². The van der Waals surface area contributed by atoms with E-state index in [1.165, 1.54) is 0 Å². The van der Waals surface area contributed by atoms with Crippen molar-refractivity contribution in [3.8, 4) is 0 Å². The molecule has 11 nitrogen and oxygen atoms in total. The Labute approximate surface area is 142 Å². The molecule has 1 fully saturated rings. The van der Waals surface area contributed by atoms with Crippen molar-refractivity contribution in [3.63, 3.8) is 0 Å². The number of thioether (sulfide) groups is 1. The first-order chi connectivity index (χ1) is 11.1. The highest BCUT2D eigenvalue weighted by molar-refractivity contribution is 8.14. The van der Waals surface area contributed by atoms with Gasteiger partial charge in [-0.15, -0.1) is 6.58 Å². The average Bonchev–Trinajstić information content (AvgIpc) is 2.52. The molecule has 0 bridgehead atoms. The smallest absolute Gasteiger partial charge is 0.394 e. The Balaban J connectivity index is 2.92. The lowest BCUT2D eigenvalue weighted by atomic mass is 10.0. The fraction of sp³-hybridized carbons (Fsp3) is 0.727. The predicted octanol–water partition coefficient (Wildman–Crippen LogP) is -2.41. The first-order valence-corrected chi connectivity index (χ1v) is 8.84. The second kappa shape index (κ2) is 9.07. The summed E-state index contributed by atoms with van der Waals surface area (Å²) in [5.74, 6) is 0. The maximum atomic E-state index is 10.6. The number of aliphatic hydroxyl groups is 5. The third-order valence-electron chi connectivity index (χ3n) is 2.99. The van der Waals surface area contributed by atoms with Gasteiger partial charge < -0.3 is 30.3 Å². The van der Waals surface area contributed by atoms with Crippen LogP contribution >= 0.6 is 11.8 Å². The van der Waals surface area contributed by atoms with Gasteiger partial charge in [-0.1, -0.05) is 23.0 Å². The van der Waals surface area contributed by atoms with Crippen LogP contribution in [0.5, 0.6) is 0 Å². The largest absolute Gasteiger partial charge is 0.466 e. The van der Waals surface area contributed by atoms with E-state index in [4.69, 9.17) is 14.4 Å². The van der Waals surface area contributed by atoms with Crippen molar-refractivity contribution in [1.82, 2.24) is 0 Å². The van der Waals surface area contributed by atoms with Crippen LogP contribution in [0.3, 0.4) is 0 Å². The second-order valence-corrected chi connectivity index (χ2v) is 6.99. The van der Waals surface area contributed by atoms with Crippen molar-refractivity contribution in [2.45, 2.75) is 42.4 Å². The topological polar surface area (TPSA) is 186 Å². The van der Waals surface area contributed by atoms with Crippen LogP contribution in [0.1, 0.15) is 6.42 Å². The summed E-state index contributed by atoms with van der Waals surface area (Å²) in [5.41, 5.74) is -1.26. The molecule has 6 atom stereocenters. The molecule has 13 heteroatoms. The summed E-state index contributed by atoms with van der Waals surface area (Å²) >= 11 is 0.570. The van der Waals surface area contributed by atoms with Crippen LogP contribution in [0, 0.1) is 0 Å². The van der Waals surface area contributed by atoms with E-state index in [1.54, 1.807) is 0 Å². The van der Waals surface area contributed by atoms with Gasteiger partial charge in [0.1, 0.15) is 34.9 Å². The Morgan fingerprint density at radius 3 is 2.46 bits per heavy atom. The highest BCUT2D eigenvalue weighted by Gasteiger charge is 2.44. The van der Waals surface area contributed by atoms with Gasteiger partial charge in [0.15, 0.2) is 0 Å². The molecule has 6 N–H and O–H groups in total. The van der Waals surface area contributed by atoms with Gasteiger partial charge in [0.05, 0.1) is 12.7 Å². The molecular formula is C11H19NO10S2. The highest BCUT2D eigenvalue weighted by atomic mass is 32.3. The Morgan fingerprint density at radius 1 is 1.33 bits per heavy atom. The summed E-state index contributed by atoms with van der Waals surface area (Å²) in [7, 11) is -4.89. The molecule has 1 aliphatic heterocycles. The minimum Gasteiger partial charge on any atom is -0.394 e. The van der Waals surface area contributed by atoms with Crippen LogP contribution in [0.2, 0.25) is 0 Å². The van der Waals surface area contributed by atoms with Gasteiger partial charge in [-0.25, -0.2) is 4.28 Å². The molecule has 0 aliphatic carbocycles. The van der Waals surface area contributed by atoms with Gasteiger partial charge in [0.2, 0.25) is 0 Å². The zero-order valence-corrected chi connectivity index (χ0v) is 13.9. The second-order valence-electron chi connectivity index (χ2n) is 4.81. The van der Waals surface area contributed by atoms with Crippen molar-refractivity contribution in [2.75, 3.05) is 6.61 Å². The number of oxime groups is 1. The number of rotatable bonds is 7. The van der Waals surface area contributed by atoms with Crippen molar-refractivity contribution in [3.05, 3.63) is 12.7 Å². The molecular weight excluding hydrogens is 370 g/mol. The zero-order valence-electron chi connectivity index (χ0n) is 12.2. The molecule has 4 unspecified atom stereocenters. The van der Waals surface area contributed by atoms with Crippen LogP contribution in [-0.2, 0) is 19.4 Å². The summed E-state index contributed by atoms with van der Waals surface area (Å²) in [6.45, 7) is 2.67. The number of nitrogens with zero attached hydrogens (tertiary/aromatic N) is 1. The maximum absolute atomic E-state index is 10.6. The van der Waals surface area contributed by atoms with Gasteiger partial charge in [-0.2, -0.15) is 8.42 Å². The molecule has 0 saturated carbocycles. The molecule has 0 aromatic heterocycles. The SMILES string of the molecule is C=C[C@@H](O)CC(=NOS(=O)(=O)O)SC1OC(CO)[C@H](O)C(O)C1O. The Bertz CT molecular complexity index is 551. The van der Waals surface area contributed by atoms with Crippen LogP contribution in [-0.4, -0.2) is 86.1 Å². The standard InChI is InChI=1S/C11H19NO10S2/c1-2-5(14)3-7(12-22-24(18,19)20)23-11-10(17)9(16)8(15)6(4-13)21-11/h2,5-6,8-11,13-17H,1,3-4H2,(H,18,19,20)/t5-,6?,8+,9?,10?,11?/m1/s1. The van der Waals surface area contributed by atoms with Gasteiger partial charge >= 0.3 is 10.4 Å². The molecule has 0 aromatic carbocycles. The third-order valence-corrected chi connectivity index (χ3v) is 4.39. The van der Waals surface area contributed by atoms with Gasteiger partial charge in [-0.05, 0) is 0 Å². The molecule has 0 aromatic rings. The van der Waals surface area contributed by atoms with Crippen LogP contribution in [0.4, 0.5) is 0 Å². The van der Waals surface area contributed by atoms with E-state index in [9.17, 15) is 28.8 Å². The Morgan fingerprint density at radius 2 is 1.96 bits per heavy atom. The normalized spacial score (nSPS) is 33.1. The summed E-state index contributed by atoms with van der Waals surface area (Å²) in [5, 5.41) is 50.8. The lowest BCUT2D eigenvalue weighted by molar-refractivity contribution is -0.205. The molecule has 1 rings (SSSR count). The van der Waals surface area contributed by atoms with E-state index in [1.807, 2.05) is 0 Å². The molecule has 140 valence electrons. The number of hydrogen-bond donors (Lipinski definition) is 6. The number of aliphatic hydroxyl groups excluding tert-OH is 5. The summed E-state index contributed by atoms with van der Waals surface area (Å²) in [4.78, 5) is 0. The average molecular weight is 389 g/mol. The molecule has 1 heterocycles. The van der Waals surface area contributed by atoms with E-state index < -0.39 is 53.0 Å². The fourth-order valence-corrected chi connectivity index (χ4v) is 3.10. The fourth-order valence-electron chi connectivity index (χ4n) is 1.76. The summed E-state index contributed by atoms with van der Waals surface area (Å²) < 4.78 is 38.8. The van der Waals surface area contributed by atoms with Crippen LogP contribution < -0.4 is 0 Å². The van der Waals surface area contributed by atoms with E-state index in [0.717, 1.165) is 6.08 Å². The monoisotopic (exact) mass is 389 g/mol. The van der Waals surface area contributed by atoms with E-state index in [2.05, 4.69) is 16.0 Å². The first kappa shape index (κ1) is 21.3. The Hall–Kier alpha value is -0.770. The third kappa shape index (κ3) is 6.27. The van der Waals surface area contributed by atoms with Crippen molar-refractivity contribution >= 4 is 27.2 Å². The van der Waals surface area contributed by atoms with E-state index in [0.29, 0.717) is 11.8 Å². The molecule has 0 amide bonds. The summed E-state index contributed by atoms with van der Waals surface area (Å²) in [6.07, 6.45) is -6.29. The van der Waals surface area contributed by atoms with Gasteiger partial charge in [0.25, 0.3) is 0 Å². The lowest BCUT2D eigenvalue weighted by Gasteiger charge is -2.39. The van der Waals surface area contributed by atoms with E-state index in [-0.39, 0.29) is 11.5 Å². The van der Waals surface area contributed by atoms with Crippen LogP contribution in [0.15, 0.2) is 17.8 Å². The minimum absolute atomic E-state index is 0.218. The van der Waals surface area contributed by atoms with E-state index >= 15 is 0 Å². The first-order valence-electron chi connectivity index (χ1n) is 6.59. The quantitative estimate of drug-likeness (QED) is 0.0895. The molecule has 24 heavy (non-hydrogen) atoms. The maximum Gasteiger partial charge on any atom is 0.466 e.